The Labute approximate surface area is 80.6 Å². The van der Waals surface area contributed by atoms with E-state index in [4.69, 9.17) is 0 Å². The fourth-order valence-corrected chi connectivity index (χ4v) is 2.39. The van der Waals surface area contributed by atoms with Gasteiger partial charge in [-0.2, -0.15) is 0 Å². The molecule has 0 amide bonds. The Morgan fingerprint density at radius 2 is 2.15 bits per heavy atom. The molecule has 0 saturated carbocycles. The maximum Gasteiger partial charge on any atom is 0.137 e. The van der Waals surface area contributed by atoms with Crippen molar-refractivity contribution in [3.05, 3.63) is 35.2 Å². The van der Waals surface area contributed by atoms with Crippen LogP contribution in [0, 0.1) is 0 Å². The molecule has 1 atom stereocenters. The lowest BCUT2D eigenvalue weighted by atomic mass is 10.2. The van der Waals surface area contributed by atoms with Gasteiger partial charge in [-0.1, -0.05) is 18.2 Å². The van der Waals surface area contributed by atoms with Crippen molar-refractivity contribution < 1.29 is 10.8 Å². The van der Waals surface area contributed by atoms with E-state index in [1.807, 2.05) is 18.2 Å². The highest BCUT2D eigenvalue weighted by molar-refractivity contribution is 7.19. The van der Waals surface area contributed by atoms with Crippen molar-refractivity contribution in [1.82, 2.24) is 0 Å². The van der Waals surface area contributed by atoms with Crippen molar-refractivity contribution in [2.24, 2.45) is 0 Å². The number of aliphatic hydroxyl groups excluding tert-OH is 1. The average Bonchev–Trinajstić information content (AvgIpc) is 2.59. The highest BCUT2D eigenvalue weighted by Crippen LogP contribution is 2.28. The summed E-state index contributed by atoms with van der Waals surface area (Å²) in [5.41, 5.74) is 3.69. The molecule has 0 bridgehead atoms. The molecule has 0 spiro atoms. The van der Waals surface area contributed by atoms with Crippen LogP contribution in [0.5, 0.6) is 0 Å². The van der Waals surface area contributed by atoms with Crippen molar-refractivity contribution in [1.29, 1.82) is 0 Å². The summed E-state index contributed by atoms with van der Waals surface area (Å²) >= 11 is 1.64. The Morgan fingerprint density at radius 3 is 2.85 bits per heavy atom. The molecule has 0 saturated heterocycles. The second-order valence-corrected chi connectivity index (χ2v) is 4.11. The van der Waals surface area contributed by atoms with Gasteiger partial charge in [0.15, 0.2) is 0 Å². The van der Waals surface area contributed by atoms with Gasteiger partial charge in [-0.25, -0.2) is 0 Å². The molecule has 2 aromatic rings. The quantitative estimate of drug-likeness (QED) is 0.741. The number of fused-ring (bicyclic) bond motifs is 1. The van der Waals surface area contributed by atoms with Crippen LogP contribution in [0.15, 0.2) is 30.3 Å². The van der Waals surface area contributed by atoms with Crippen LogP contribution in [0.1, 0.15) is 11.0 Å². The predicted octanol–water partition coefficient (Wildman–Crippen LogP) is 1.18. The van der Waals surface area contributed by atoms with E-state index >= 15 is 0 Å². The number of aliphatic hydroxyl groups is 1. The smallest absolute Gasteiger partial charge is 0.137 e. The summed E-state index contributed by atoms with van der Waals surface area (Å²) in [6, 6.07) is 10.2. The molecule has 13 heavy (non-hydrogen) atoms. The van der Waals surface area contributed by atoms with E-state index in [2.05, 4.69) is 17.9 Å². The fraction of sp³-hybridized carbons (Fsp3) is 0.200. The number of rotatable bonds is 2. The first-order chi connectivity index (χ1) is 6.31. The first-order valence-electron chi connectivity index (χ1n) is 4.27. The van der Waals surface area contributed by atoms with Crippen molar-refractivity contribution in [2.45, 2.75) is 6.10 Å². The maximum atomic E-state index is 9.58. The van der Waals surface area contributed by atoms with Crippen LogP contribution >= 0.6 is 11.3 Å². The summed E-state index contributed by atoms with van der Waals surface area (Å²) in [5.74, 6) is 0. The van der Waals surface area contributed by atoms with Crippen LogP contribution in [0.25, 0.3) is 10.1 Å². The van der Waals surface area contributed by atoms with Crippen LogP contribution in [-0.2, 0) is 0 Å². The first kappa shape index (κ1) is 8.69. The lowest BCUT2D eigenvalue weighted by Crippen LogP contribution is -2.52. The van der Waals surface area contributed by atoms with Gasteiger partial charge in [-0.05, 0) is 17.5 Å². The van der Waals surface area contributed by atoms with Gasteiger partial charge >= 0.3 is 0 Å². The summed E-state index contributed by atoms with van der Waals surface area (Å²) in [6.45, 7) is 0.535. The van der Waals surface area contributed by atoms with E-state index in [1.54, 1.807) is 11.3 Å². The molecule has 3 heteroatoms. The van der Waals surface area contributed by atoms with Gasteiger partial charge in [0.2, 0.25) is 0 Å². The molecular weight excluding hydrogens is 182 g/mol. The van der Waals surface area contributed by atoms with E-state index in [0.29, 0.717) is 6.54 Å². The normalized spacial score (nSPS) is 13.4. The van der Waals surface area contributed by atoms with Gasteiger partial charge in [0.05, 0.1) is 0 Å². The SMILES string of the molecule is [NH3+]C[C@H](O)c1cc2ccccc2s1. The van der Waals surface area contributed by atoms with Gasteiger partial charge in [-0.3, -0.25) is 0 Å². The lowest BCUT2D eigenvalue weighted by Gasteiger charge is -1.99. The van der Waals surface area contributed by atoms with Gasteiger partial charge in [0.25, 0.3) is 0 Å². The number of benzene rings is 1. The number of quaternary nitrogens is 1. The summed E-state index contributed by atoms with van der Waals surface area (Å²) in [5, 5.41) is 10.8. The van der Waals surface area contributed by atoms with Crippen LogP contribution in [0.4, 0.5) is 0 Å². The number of hydrogen-bond donors (Lipinski definition) is 2. The van der Waals surface area contributed by atoms with Crippen molar-refractivity contribution >= 4 is 21.4 Å². The molecule has 2 rings (SSSR count). The Kier molecular flexibility index (Phi) is 2.31. The standard InChI is InChI=1S/C10H11NOS/c11-6-8(12)10-5-7-3-1-2-4-9(7)13-10/h1-5,8,12H,6,11H2/p+1/t8-/m0/s1. The van der Waals surface area contributed by atoms with E-state index in [1.165, 1.54) is 10.1 Å². The van der Waals surface area contributed by atoms with Gasteiger partial charge in [0, 0.05) is 9.58 Å². The van der Waals surface area contributed by atoms with Gasteiger partial charge in [0.1, 0.15) is 12.6 Å². The third kappa shape index (κ3) is 1.58. The minimum atomic E-state index is -0.405. The topological polar surface area (TPSA) is 47.9 Å². The van der Waals surface area contributed by atoms with Crippen molar-refractivity contribution in [3.8, 4) is 0 Å². The summed E-state index contributed by atoms with van der Waals surface area (Å²) < 4.78 is 1.23. The largest absolute Gasteiger partial charge is 0.382 e. The van der Waals surface area contributed by atoms with Crippen LogP contribution in [0.3, 0.4) is 0 Å². The molecule has 1 aromatic carbocycles. The molecule has 68 valence electrons. The number of hydrogen-bond acceptors (Lipinski definition) is 2. The Morgan fingerprint density at radius 1 is 1.38 bits per heavy atom. The summed E-state index contributed by atoms with van der Waals surface area (Å²) in [7, 11) is 0. The molecule has 2 nitrogen and oxygen atoms in total. The summed E-state index contributed by atoms with van der Waals surface area (Å²) in [4.78, 5) is 1.01. The van der Waals surface area contributed by atoms with E-state index < -0.39 is 6.10 Å². The van der Waals surface area contributed by atoms with Crippen molar-refractivity contribution in [3.63, 3.8) is 0 Å². The zero-order valence-electron chi connectivity index (χ0n) is 7.23. The fourth-order valence-electron chi connectivity index (χ4n) is 1.31. The predicted molar refractivity (Wildman–Crippen MR) is 54.5 cm³/mol. The molecule has 0 radical (unpaired) electrons. The third-order valence-electron chi connectivity index (χ3n) is 2.05. The Bertz CT molecular complexity index is 377. The third-order valence-corrected chi connectivity index (χ3v) is 3.26. The minimum absolute atomic E-state index is 0.405. The maximum absolute atomic E-state index is 9.58. The zero-order chi connectivity index (χ0) is 9.26. The van der Waals surface area contributed by atoms with Crippen LogP contribution in [-0.4, -0.2) is 11.7 Å². The monoisotopic (exact) mass is 194 g/mol. The molecule has 4 N–H and O–H groups in total. The average molecular weight is 194 g/mol. The highest BCUT2D eigenvalue weighted by Gasteiger charge is 2.10. The van der Waals surface area contributed by atoms with Crippen molar-refractivity contribution in [2.75, 3.05) is 6.54 Å². The Balaban J connectivity index is 2.49. The molecule has 1 aromatic heterocycles. The van der Waals surface area contributed by atoms with Crippen LogP contribution in [0.2, 0.25) is 0 Å². The second-order valence-electron chi connectivity index (χ2n) is 2.99. The zero-order valence-corrected chi connectivity index (χ0v) is 8.05. The molecule has 0 aliphatic carbocycles. The van der Waals surface area contributed by atoms with E-state index in [0.717, 1.165) is 4.88 Å². The molecule has 0 unspecified atom stereocenters. The highest BCUT2D eigenvalue weighted by atomic mass is 32.1. The van der Waals surface area contributed by atoms with E-state index in [9.17, 15) is 5.11 Å². The van der Waals surface area contributed by atoms with Gasteiger partial charge < -0.3 is 10.8 Å². The second kappa shape index (κ2) is 3.46. The molecule has 1 heterocycles. The summed E-state index contributed by atoms with van der Waals surface area (Å²) in [6.07, 6.45) is -0.405. The first-order valence-corrected chi connectivity index (χ1v) is 5.08. The molecule has 0 fully saturated rings. The number of thiophene rings is 1. The Hall–Kier alpha value is -0.900. The van der Waals surface area contributed by atoms with Crippen LogP contribution < -0.4 is 5.73 Å². The lowest BCUT2D eigenvalue weighted by molar-refractivity contribution is -0.384. The van der Waals surface area contributed by atoms with Gasteiger partial charge in [-0.15, -0.1) is 11.3 Å². The minimum Gasteiger partial charge on any atom is -0.382 e. The molecular formula is C10H12NOS+. The molecule has 0 aliphatic rings. The molecule has 0 aliphatic heterocycles. The van der Waals surface area contributed by atoms with E-state index in [-0.39, 0.29) is 0 Å².